The van der Waals surface area contributed by atoms with Crippen LogP contribution in [0.5, 0.6) is 5.88 Å². The summed E-state index contributed by atoms with van der Waals surface area (Å²) in [4.78, 5) is 6.95. The normalized spacial score (nSPS) is 34.6. The highest BCUT2D eigenvalue weighted by Crippen LogP contribution is 2.38. The number of hydrogen-bond acceptors (Lipinski definition) is 7. The third kappa shape index (κ3) is 3.71. The van der Waals surface area contributed by atoms with Crippen LogP contribution in [0.4, 0.5) is 13.2 Å². The van der Waals surface area contributed by atoms with Gasteiger partial charge in [-0.3, -0.25) is 4.98 Å². The maximum absolute atomic E-state index is 12.8. The van der Waals surface area contributed by atoms with Crippen molar-refractivity contribution in [3.8, 4) is 5.88 Å². The summed E-state index contributed by atoms with van der Waals surface area (Å²) in [5, 5.41) is 9.57. The molecule has 0 spiro atoms. The molecular formula is C15H19F3N2O5. The molecule has 2 aliphatic rings. The van der Waals surface area contributed by atoms with Crippen molar-refractivity contribution < 1.29 is 37.2 Å². The number of aliphatic hydroxyl groups excluding tert-OH is 1. The Morgan fingerprint density at radius 3 is 2.56 bits per heavy atom. The number of halogens is 3. The van der Waals surface area contributed by atoms with Gasteiger partial charge in [-0.1, -0.05) is 0 Å². The number of alkyl halides is 3. The Bertz CT molecular complexity index is 627. The first kappa shape index (κ1) is 18.3. The highest BCUT2D eigenvalue weighted by molar-refractivity contribution is 5.12. The van der Waals surface area contributed by atoms with E-state index in [1.807, 2.05) is 0 Å². The molecule has 2 fully saturated rings. The lowest BCUT2D eigenvalue weighted by Gasteiger charge is -2.40. The molecule has 2 saturated heterocycles. The van der Waals surface area contributed by atoms with Crippen molar-refractivity contribution in [2.24, 2.45) is 0 Å². The fourth-order valence-electron chi connectivity index (χ4n) is 3.05. The Kier molecular flexibility index (Phi) is 4.65. The molecule has 2 aliphatic heterocycles. The number of nitrogens with zero attached hydrogens (tertiary/aromatic N) is 2. The van der Waals surface area contributed by atoms with E-state index < -0.39 is 48.7 Å². The van der Waals surface area contributed by atoms with E-state index >= 15 is 0 Å². The molecule has 25 heavy (non-hydrogen) atoms. The van der Waals surface area contributed by atoms with E-state index in [9.17, 15) is 18.3 Å². The van der Waals surface area contributed by atoms with Crippen molar-refractivity contribution in [1.82, 2.24) is 9.97 Å². The van der Waals surface area contributed by atoms with Gasteiger partial charge in [0, 0.05) is 0 Å². The van der Waals surface area contributed by atoms with Gasteiger partial charge >= 0.3 is 6.18 Å². The molecule has 0 bridgehead atoms. The smallest absolute Gasteiger partial charge is 0.435 e. The van der Waals surface area contributed by atoms with Gasteiger partial charge in [-0.25, -0.2) is 4.98 Å². The topological polar surface area (TPSA) is 82.9 Å². The molecule has 0 aliphatic carbocycles. The quantitative estimate of drug-likeness (QED) is 0.871. The van der Waals surface area contributed by atoms with Gasteiger partial charge in [-0.05, 0) is 20.8 Å². The zero-order valence-electron chi connectivity index (χ0n) is 13.9. The molecule has 3 heterocycles. The average Bonchev–Trinajstić information content (AvgIpc) is 2.85. The van der Waals surface area contributed by atoms with Crippen LogP contribution in [-0.4, -0.2) is 58.0 Å². The maximum atomic E-state index is 12.8. The number of hydrogen-bond donors (Lipinski definition) is 1. The molecule has 0 amide bonds. The van der Waals surface area contributed by atoms with Gasteiger partial charge in [0.15, 0.2) is 17.6 Å². The van der Waals surface area contributed by atoms with Crippen LogP contribution < -0.4 is 4.74 Å². The number of fused-ring (bicyclic) bond motifs is 1. The summed E-state index contributed by atoms with van der Waals surface area (Å²) in [5.41, 5.74) is -1.17. The Morgan fingerprint density at radius 2 is 1.92 bits per heavy atom. The zero-order valence-corrected chi connectivity index (χ0v) is 13.9. The number of aromatic nitrogens is 2. The van der Waals surface area contributed by atoms with Crippen LogP contribution in [0.2, 0.25) is 0 Å². The molecule has 3 rings (SSSR count). The van der Waals surface area contributed by atoms with Crippen molar-refractivity contribution >= 4 is 0 Å². The number of rotatable bonds is 3. The van der Waals surface area contributed by atoms with Gasteiger partial charge in [0.25, 0.3) is 0 Å². The van der Waals surface area contributed by atoms with Crippen LogP contribution in [0.3, 0.4) is 0 Å². The molecule has 140 valence electrons. The first-order chi connectivity index (χ1) is 11.6. The summed E-state index contributed by atoms with van der Waals surface area (Å²) >= 11 is 0. The maximum Gasteiger partial charge on any atom is 0.435 e. The molecule has 0 saturated carbocycles. The molecule has 0 radical (unpaired) electrons. The standard InChI is InChI=1S/C15H19F3N2O5/c1-7-11-13(25-14(2,3)24-11)12(8(6-21)22-7)23-10-5-19-4-9(20-10)15(16,17)18/h4-5,7-8,11-13,21H,6H2,1-3H3/t7-,8-,11+,12+,13+/m1/s1. The van der Waals surface area contributed by atoms with Crippen molar-refractivity contribution in [3.63, 3.8) is 0 Å². The van der Waals surface area contributed by atoms with E-state index in [0.717, 1.165) is 6.20 Å². The molecule has 1 N–H and O–H groups in total. The van der Waals surface area contributed by atoms with E-state index in [2.05, 4.69) is 9.97 Å². The molecule has 5 atom stereocenters. The lowest BCUT2D eigenvalue weighted by molar-refractivity contribution is -0.184. The number of aliphatic hydroxyl groups is 1. The molecular weight excluding hydrogens is 345 g/mol. The van der Waals surface area contributed by atoms with E-state index in [-0.39, 0.29) is 12.0 Å². The third-order valence-electron chi connectivity index (χ3n) is 4.05. The van der Waals surface area contributed by atoms with E-state index in [1.54, 1.807) is 20.8 Å². The van der Waals surface area contributed by atoms with Gasteiger partial charge in [0.2, 0.25) is 5.88 Å². The first-order valence-corrected chi connectivity index (χ1v) is 7.78. The summed E-state index contributed by atoms with van der Waals surface area (Å²) < 4.78 is 61.2. The molecule has 1 aromatic rings. The van der Waals surface area contributed by atoms with Crippen LogP contribution in [0, 0.1) is 0 Å². The molecule has 7 nitrogen and oxygen atoms in total. The number of ether oxygens (including phenoxy) is 4. The highest BCUT2D eigenvalue weighted by atomic mass is 19.4. The van der Waals surface area contributed by atoms with Crippen molar-refractivity contribution in [3.05, 3.63) is 18.1 Å². The second-order valence-electron chi connectivity index (χ2n) is 6.45. The zero-order chi connectivity index (χ0) is 18.4. The second-order valence-corrected chi connectivity index (χ2v) is 6.45. The summed E-state index contributed by atoms with van der Waals surface area (Å²) in [7, 11) is 0. The molecule has 0 aromatic carbocycles. The Balaban J connectivity index is 1.86. The van der Waals surface area contributed by atoms with Crippen LogP contribution in [-0.2, 0) is 20.4 Å². The van der Waals surface area contributed by atoms with Crippen molar-refractivity contribution in [2.75, 3.05) is 6.61 Å². The SMILES string of the molecule is C[C@H]1O[C@H](CO)[C@H](Oc2cncc(C(F)(F)F)n2)[C@H]2OC(C)(C)O[C@H]21. The minimum atomic E-state index is -4.64. The van der Waals surface area contributed by atoms with Crippen LogP contribution in [0.1, 0.15) is 26.5 Å². The Morgan fingerprint density at radius 1 is 1.24 bits per heavy atom. The summed E-state index contributed by atoms with van der Waals surface area (Å²) in [6, 6.07) is 0. The Hall–Kier alpha value is -1.49. The van der Waals surface area contributed by atoms with E-state index in [0.29, 0.717) is 6.20 Å². The highest BCUT2D eigenvalue weighted by Gasteiger charge is 2.55. The lowest BCUT2D eigenvalue weighted by Crippen LogP contribution is -2.58. The van der Waals surface area contributed by atoms with Gasteiger partial charge in [0.05, 0.1) is 25.1 Å². The largest absolute Gasteiger partial charge is 0.467 e. The minimum Gasteiger partial charge on any atom is -0.467 e. The van der Waals surface area contributed by atoms with Gasteiger partial charge in [-0.15, -0.1) is 0 Å². The van der Waals surface area contributed by atoms with Crippen molar-refractivity contribution in [1.29, 1.82) is 0 Å². The van der Waals surface area contributed by atoms with Crippen molar-refractivity contribution in [2.45, 2.75) is 63.3 Å². The summed E-state index contributed by atoms with van der Waals surface area (Å²) in [6.45, 7) is 4.81. The monoisotopic (exact) mass is 364 g/mol. The molecule has 0 unspecified atom stereocenters. The molecule has 10 heteroatoms. The minimum absolute atomic E-state index is 0.330. The summed E-state index contributed by atoms with van der Waals surface area (Å²) in [6.07, 6.45) is -6.16. The predicted molar refractivity (Wildman–Crippen MR) is 76.7 cm³/mol. The average molecular weight is 364 g/mol. The fourth-order valence-corrected chi connectivity index (χ4v) is 3.05. The predicted octanol–water partition coefficient (Wildman–Crippen LogP) is 1.54. The van der Waals surface area contributed by atoms with E-state index in [4.69, 9.17) is 18.9 Å². The fraction of sp³-hybridized carbons (Fsp3) is 0.733. The molecule has 1 aromatic heterocycles. The third-order valence-corrected chi connectivity index (χ3v) is 4.05. The van der Waals surface area contributed by atoms with Crippen LogP contribution in [0.15, 0.2) is 12.4 Å². The van der Waals surface area contributed by atoms with Gasteiger partial charge < -0.3 is 24.1 Å². The first-order valence-electron chi connectivity index (χ1n) is 7.78. The van der Waals surface area contributed by atoms with E-state index in [1.165, 1.54) is 0 Å². The lowest BCUT2D eigenvalue weighted by atomic mass is 9.96. The summed E-state index contributed by atoms with van der Waals surface area (Å²) in [5.74, 6) is -1.23. The van der Waals surface area contributed by atoms with Crippen LogP contribution in [0.25, 0.3) is 0 Å². The van der Waals surface area contributed by atoms with Crippen LogP contribution >= 0.6 is 0 Å². The Labute approximate surface area is 142 Å². The van der Waals surface area contributed by atoms with Gasteiger partial charge in [0.1, 0.15) is 18.3 Å². The van der Waals surface area contributed by atoms with Gasteiger partial charge in [-0.2, -0.15) is 13.2 Å². The second kappa shape index (κ2) is 6.35.